The van der Waals surface area contributed by atoms with E-state index in [1.165, 1.54) is 7.11 Å². The van der Waals surface area contributed by atoms with Crippen LogP contribution in [-0.4, -0.2) is 48.2 Å². The third-order valence-corrected chi connectivity index (χ3v) is 4.63. The first kappa shape index (κ1) is 19.8. The minimum atomic E-state index is -0.727. The fourth-order valence-corrected chi connectivity index (χ4v) is 3.29. The normalized spacial score (nSPS) is 16.3. The molecule has 30 heavy (non-hydrogen) atoms. The highest BCUT2D eigenvalue weighted by molar-refractivity contribution is 6.10. The predicted molar refractivity (Wildman–Crippen MR) is 113 cm³/mol. The quantitative estimate of drug-likeness (QED) is 0.487. The largest absolute Gasteiger partial charge is 0.475 e. The van der Waals surface area contributed by atoms with Crippen LogP contribution >= 0.6 is 0 Å². The lowest BCUT2D eigenvalue weighted by Crippen LogP contribution is -2.24. The minimum Gasteiger partial charge on any atom is -0.475 e. The zero-order chi connectivity index (χ0) is 21.5. The maximum absolute atomic E-state index is 13.0. The van der Waals surface area contributed by atoms with Gasteiger partial charge in [-0.15, -0.1) is 0 Å². The first-order valence-electron chi connectivity index (χ1n) is 9.61. The number of hydrogen-bond donors (Lipinski definition) is 0. The Bertz CT molecular complexity index is 1190. The van der Waals surface area contributed by atoms with Gasteiger partial charge in [0.1, 0.15) is 12.2 Å². The van der Waals surface area contributed by atoms with E-state index in [1.54, 1.807) is 12.1 Å². The molecule has 0 N–H and O–H groups in total. The van der Waals surface area contributed by atoms with Crippen LogP contribution in [0.3, 0.4) is 0 Å². The Balaban J connectivity index is 1.89. The van der Waals surface area contributed by atoms with Gasteiger partial charge >= 0.3 is 11.9 Å². The Morgan fingerprint density at radius 1 is 1.10 bits per heavy atom. The van der Waals surface area contributed by atoms with Crippen molar-refractivity contribution in [3.63, 3.8) is 0 Å². The van der Waals surface area contributed by atoms with Crippen molar-refractivity contribution in [2.24, 2.45) is 4.99 Å². The van der Waals surface area contributed by atoms with E-state index < -0.39 is 23.6 Å². The van der Waals surface area contributed by atoms with E-state index in [0.717, 1.165) is 10.9 Å². The lowest BCUT2D eigenvalue weighted by molar-refractivity contribution is -0.142. The van der Waals surface area contributed by atoms with Gasteiger partial charge < -0.3 is 14.2 Å². The molecular weight excluding hydrogens is 384 g/mol. The second-order valence-electron chi connectivity index (χ2n) is 8.06. The summed E-state index contributed by atoms with van der Waals surface area (Å²) >= 11 is 0. The number of nitrogens with zero attached hydrogens (tertiary/aromatic N) is 2. The van der Waals surface area contributed by atoms with Crippen LogP contribution in [0.1, 0.15) is 36.7 Å². The lowest BCUT2D eigenvalue weighted by Gasteiger charge is -2.20. The van der Waals surface area contributed by atoms with E-state index in [2.05, 4.69) is 4.99 Å². The summed E-state index contributed by atoms with van der Waals surface area (Å²) in [5.41, 5.74) is 1.68. The molecule has 0 saturated carbocycles. The van der Waals surface area contributed by atoms with Crippen molar-refractivity contribution in [2.75, 3.05) is 13.7 Å². The number of rotatable bonds is 3. The van der Waals surface area contributed by atoms with Crippen LogP contribution in [0.4, 0.5) is 0 Å². The summed E-state index contributed by atoms with van der Waals surface area (Å²) in [5.74, 6) is -0.663. The summed E-state index contributed by atoms with van der Waals surface area (Å²) in [6, 6.07) is 12.4. The van der Waals surface area contributed by atoms with Gasteiger partial charge in [0.05, 0.1) is 23.7 Å². The molecule has 1 aromatic heterocycles. The molecule has 7 nitrogen and oxygen atoms in total. The van der Waals surface area contributed by atoms with Crippen LogP contribution in [0.2, 0.25) is 0 Å². The summed E-state index contributed by atoms with van der Waals surface area (Å²) < 4.78 is 16.0. The van der Waals surface area contributed by atoms with Gasteiger partial charge in [-0.1, -0.05) is 18.2 Å². The fraction of sp³-hybridized carbons (Fsp3) is 0.304. The Hall–Kier alpha value is -3.48. The third kappa shape index (κ3) is 3.83. The van der Waals surface area contributed by atoms with Crippen LogP contribution < -0.4 is 0 Å². The van der Waals surface area contributed by atoms with Gasteiger partial charge in [-0.2, -0.15) is 0 Å². The van der Waals surface area contributed by atoms with Crippen molar-refractivity contribution >= 4 is 39.6 Å². The highest BCUT2D eigenvalue weighted by Gasteiger charge is 2.29. The number of fused-ring (bicyclic) bond motifs is 2. The number of benzene rings is 2. The first-order chi connectivity index (χ1) is 14.2. The number of pyridine rings is 1. The molecule has 0 radical (unpaired) electrons. The summed E-state index contributed by atoms with van der Waals surface area (Å²) in [6.07, 6.45) is 0. The van der Waals surface area contributed by atoms with Crippen LogP contribution in [0, 0.1) is 0 Å². The summed E-state index contributed by atoms with van der Waals surface area (Å²) in [5, 5.41) is 1.59. The summed E-state index contributed by atoms with van der Waals surface area (Å²) in [7, 11) is 1.31. The Morgan fingerprint density at radius 3 is 2.60 bits per heavy atom. The minimum absolute atomic E-state index is 0.0902. The first-order valence-corrected chi connectivity index (χ1v) is 9.61. The number of carbonyl (C=O) groups is 2. The Labute approximate surface area is 173 Å². The number of aromatic nitrogens is 1. The number of hydrogen-bond acceptors (Lipinski definition) is 7. The van der Waals surface area contributed by atoms with E-state index in [0.29, 0.717) is 22.0 Å². The molecule has 154 valence electrons. The van der Waals surface area contributed by atoms with Gasteiger partial charge in [-0.25, -0.2) is 19.6 Å². The molecule has 7 heteroatoms. The van der Waals surface area contributed by atoms with Crippen molar-refractivity contribution < 1.29 is 23.8 Å². The number of carbonyl (C=O) groups excluding carboxylic acids is 2. The van der Waals surface area contributed by atoms with Crippen LogP contribution in [0.5, 0.6) is 0 Å². The van der Waals surface area contributed by atoms with E-state index in [9.17, 15) is 9.59 Å². The topological polar surface area (TPSA) is 87.1 Å². The van der Waals surface area contributed by atoms with Gasteiger partial charge in [-0.05, 0) is 45.0 Å². The molecular formula is C23H22N2O5. The Morgan fingerprint density at radius 2 is 1.87 bits per heavy atom. The average molecular weight is 406 g/mol. The van der Waals surface area contributed by atoms with Crippen LogP contribution in [0.25, 0.3) is 21.8 Å². The van der Waals surface area contributed by atoms with E-state index in [-0.39, 0.29) is 12.5 Å². The maximum atomic E-state index is 13.0. The van der Waals surface area contributed by atoms with Gasteiger partial charge in [0.2, 0.25) is 5.90 Å². The van der Waals surface area contributed by atoms with Crippen molar-refractivity contribution in [1.29, 1.82) is 0 Å². The molecule has 1 aliphatic rings. The number of ether oxygens (including phenoxy) is 3. The van der Waals surface area contributed by atoms with Gasteiger partial charge in [0.15, 0.2) is 6.04 Å². The molecule has 0 saturated heterocycles. The lowest BCUT2D eigenvalue weighted by atomic mass is 10.0. The van der Waals surface area contributed by atoms with E-state index in [4.69, 9.17) is 19.2 Å². The standard InChI is InChI=1S/C23H22N2O5/c1-23(2,3)30-21(26)16-10-14(20-25-19(12-29-20)22(27)28-4)11-18-15(16)9-13-7-5-6-8-17(13)24-18/h5-11,19H,12H2,1-4H3. The maximum Gasteiger partial charge on any atom is 0.339 e. The van der Waals surface area contributed by atoms with Gasteiger partial charge in [-0.3, -0.25) is 0 Å². The molecule has 1 aliphatic heterocycles. The molecule has 4 rings (SSSR count). The van der Waals surface area contributed by atoms with Crippen LogP contribution in [0.15, 0.2) is 47.5 Å². The number of esters is 2. The molecule has 0 fully saturated rings. The van der Waals surface area contributed by atoms with Crippen molar-refractivity contribution in [3.8, 4) is 0 Å². The highest BCUT2D eigenvalue weighted by Crippen LogP contribution is 2.27. The summed E-state index contributed by atoms with van der Waals surface area (Å²) in [4.78, 5) is 33.8. The highest BCUT2D eigenvalue weighted by atomic mass is 16.6. The van der Waals surface area contributed by atoms with Gasteiger partial charge in [0, 0.05) is 16.3 Å². The number of methoxy groups -OCH3 is 1. The predicted octanol–water partition coefficient (Wildman–Crippen LogP) is 3.66. The average Bonchev–Trinajstić information content (AvgIpc) is 3.19. The van der Waals surface area contributed by atoms with E-state index >= 15 is 0 Å². The molecule has 3 aromatic rings. The zero-order valence-corrected chi connectivity index (χ0v) is 17.3. The molecule has 0 aliphatic carbocycles. The van der Waals surface area contributed by atoms with Gasteiger partial charge in [0.25, 0.3) is 0 Å². The smallest absolute Gasteiger partial charge is 0.339 e. The van der Waals surface area contributed by atoms with Crippen molar-refractivity contribution in [3.05, 3.63) is 53.6 Å². The molecule has 2 aromatic carbocycles. The van der Waals surface area contributed by atoms with Crippen molar-refractivity contribution in [2.45, 2.75) is 32.4 Å². The second kappa shape index (κ2) is 7.40. The Kier molecular flexibility index (Phi) is 4.89. The molecule has 0 spiro atoms. The van der Waals surface area contributed by atoms with E-state index in [1.807, 2.05) is 51.1 Å². The second-order valence-corrected chi connectivity index (χ2v) is 8.06. The SMILES string of the molecule is COC(=O)C1COC(c2cc(C(=O)OC(C)(C)C)c3cc4ccccc4nc3c2)=N1. The van der Waals surface area contributed by atoms with Crippen LogP contribution in [-0.2, 0) is 19.0 Å². The number of para-hydroxylation sites is 1. The fourth-order valence-electron chi connectivity index (χ4n) is 3.29. The zero-order valence-electron chi connectivity index (χ0n) is 17.3. The monoisotopic (exact) mass is 406 g/mol. The third-order valence-electron chi connectivity index (χ3n) is 4.63. The molecule has 1 atom stereocenters. The molecule has 1 unspecified atom stereocenters. The van der Waals surface area contributed by atoms with Crippen molar-refractivity contribution in [1.82, 2.24) is 4.98 Å². The molecule has 2 heterocycles. The molecule has 0 amide bonds. The molecule has 0 bridgehead atoms. The number of aliphatic imine (C=N–C) groups is 1. The summed E-state index contributed by atoms with van der Waals surface area (Å²) in [6.45, 7) is 5.54.